The molecule has 9 heteroatoms. The largest absolute Gasteiger partial charge is 0.573 e. The van der Waals surface area contributed by atoms with Gasteiger partial charge in [0, 0.05) is 43.0 Å². The molecule has 2 aliphatic rings. The van der Waals surface area contributed by atoms with Crippen LogP contribution < -0.4 is 10.1 Å². The molecule has 2 fully saturated rings. The van der Waals surface area contributed by atoms with Crippen LogP contribution in [-0.4, -0.2) is 41.2 Å². The number of carbonyl (C=O) groups is 2. The quantitative estimate of drug-likeness (QED) is 0.783. The Morgan fingerprint density at radius 2 is 1.94 bits per heavy atom. The van der Waals surface area contributed by atoms with Gasteiger partial charge in [0.25, 0.3) is 5.91 Å². The fourth-order valence-electron chi connectivity index (χ4n) is 4.42. The number of carbonyl (C=O) groups excluding carboxylic acids is 2. The van der Waals surface area contributed by atoms with Gasteiger partial charge < -0.3 is 15.0 Å². The molecule has 1 atom stereocenters. The Morgan fingerprint density at radius 1 is 1.19 bits per heavy atom. The van der Waals surface area contributed by atoms with E-state index >= 15 is 0 Å². The first-order valence-corrected chi connectivity index (χ1v) is 10.1. The molecule has 1 saturated carbocycles. The van der Waals surface area contributed by atoms with E-state index in [1.807, 2.05) is 6.07 Å². The van der Waals surface area contributed by atoms with Crippen LogP contribution >= 0.6 is 0 Å². The van der Waals surface area contributed by atoms with E-state index in [0.29, 0.717) is 19.6 Å². The molecule has 4 rings (SSSR count). The predicted octanol–water partition coefficient (Wildman–Crippen LogP) is 3.54. The number of amides is 2. The second kappa shape index (κ2) is 8.20. The van der Waals surface area contributed by atoms with Gasteiger partial charge in [-0.15, -0.1) is 13.2 Å². The summed E-state index contributed by atoms with van der Waals surface area (Å²) in [5, 5.41) is 2.95. The van der Waals surface area contributed by atoms with Crippen molar-refractivity contribution in [1.29, 1.82) is 0 Å². The lowest BCUT2D eigenvalue weighted by atomic mass is 9.62. The maximum absolute atomic E-state index is 12.9. The SMILES string of the molecule is O=C(NCc1cccnc1)C1CN(C(=O)c2ccc(OC(F)(F)F)cc2)CC12CCC2. The van der Waals surface area contributed by atoms with Gasteiger partial charge in [0.15, 0.2) is 0 Å². The number of ether oxygens (including phenoxy) is 1. The minimum absolute atomic E-state index is 0.0900. The number of hydrogen-bond donors (Lipinski definition) is 1. The maximum Gasteiger partial charge on any atom is 0.573 e. The van der Waals surface area contributed by atoms with Crippen molar-refractivity contribution in [3.63, 3.8) is 0 Å². The van der Waals surface area contributed by atoms with Gasteiger partial charge in [-0.25, -0.2) is 0 Å². The van der Waals surface area contributed by atoms with Gasteiger partial charge in [0.1, 0.15) is 5.75 Å². The Bertz CT molecular complexity index is 944. The Hall–Kier alpha value is -3.10. The van der Waals surface area contributed by atoms with Crippen LogP contribution in [0.3, 0.4) is 0 Å². The minimum atomic E-state index is -4.78. The highest BCUT2D eigenvalue weighted by molar-refractivity contribution is 5.95. The fourth-order valence-corrected chi connectivity index (χ4v) is 4.42. The van der Waals surface area contributed by atoms with Crippen molar-refractivity contribution in [2.45, 2.75) is 32.2 Å². The number of halogens is 3. The van der Waals surface area contributed by atoms with Crippen LogP contribution in [0, 0.1) is 11.3 Å². The zero-order valence-corrected chi connectivity index (χ0v) is 16.7. The lowest BCUT2D eigenvalue weighted by Gasteiger charge is -2.41. The average Bonchev–Trinajstić information content (AvgIpc) is 3.13. The van der Waals surface area contributed by atoms with E-state index in [0.717, 1.165) is 37.0 Å². The van der Waals surface area contributed by atoms with Gasteiger partial charge in [0.05, 0.1) is 5.92 Å². The zero-order valence-electron chi connectivity index (χ0n) is 16.7. The average molecular weight is 433 g/mol. The van der Waals surface area contributed by atoms with Crippen LogP contribution in [-0.2, 0) is 11.3 Å². The number of hydrogen-bond acceptors (Lipinski definition) is 4. The van der Waals surface area contributed by atoms with Gasteiger partial charge in [-0.2, -0.15) is 0 Å². The van der Waals surface area contributed by atoms with E-state index < -0.39 is 6.36 Å². The molecule has 31 heavy (non-hydrogen) atoms. The fraction of sp³-hybridized carbons (Fsp3) is 0.409. The second-order valence-corrected chi connectivity index (χ2v) is 8.11. The Kier molecular flexibility index (Phi) is 5.60. The third-order valence-corrected chi connectivity index (χ3v) is 6.13. The molecule has 1 aromatic carbocycles. The van der Waals surface area contributed by atoms with Gasteiger partial charge in [0.2, 0.25) is 5.91 Å². The molecule has 6 nitrogen and oxygen atoms in total. The lowest BCUT2D eigenvalue weighted by Crippen LogP contribution is -2.45. The van der Waals surface area contributed by atoms with Gasteiger partial charge in [-0.3, -0.25) is 14.6 Å². The van der Waals surface area contributed by atoms with Crippen LogP contribution in [0.15, 0.2) is 48.8 Å². The number of benzene rings is 1. The number of pyridine rings is 1. The molecule has 0 bridgehead atoms. The molecule has 2 heterocycles. The summed E-state index contributed by atoms with van der Waals surface area (Å²) in [4.78, 5) is 31.5. The van der Waals surface area contributed by atoms with Crippen molar-refractivity contribution in [2.24, 2.45) is 11.3 Å². The van der Waals surface area contributed by atoms with E-state index in [9.17, 15) is 22.8 Å². The molecule has 1 N–H and O–H groups in total. The highest BCUT2D eigenvalue weighted by atomic mass is 19.4. The molecule has 2 aromatic rings. The zero-order chi connectivity index (χ0) is 22.1. The topological polar surface area (TPSA) is 71.5 Å². The van der Waals surface area contributed by atoms with Crippen LogP contribution in [0.25, 0.3) is 0 Å². The van der Waals surface area contributed by atoms with Crippen molar-refractivity contribution in [1.82, 2.24) is 15.2 Å². The number of aromatic nitrogens is 1. The molecule has 0 radical (unpaired) electrons. The first-order valence-electron chi connectivity index (χ1n) is 10.1. The highest BCUT2D eigenvalue weighted by Gasteiger charge is 2.54. The van der Waals surface area contributed by atoms with E-state index in [1.165, 1.54) is 12.1 Å². The third-order valence-electron chi connectivity index (χ3n) is 6.13. The van der Waals surface area contributed by atoms with E-state index in [1.54, 1.807) is 23.4 Å². The van der Waals surface area contributed by atoms with Crippen LogP contribution in [0.2, 0.25) is 0 Å². The number of alkyl halides is 3. The standard InChI is InChI=1S/C22H22F3N3O3/c23-22(24,25)31-17-6-4-16(5-7-17)20(30)28-13-18(21(14-28)8-2-9-21)19(29)27-12-15-3-1-10-26-11-15/h1,3-7,10-11,18H,2,8-9,12-14H2,(H,27,29). The summed E-state index contributed by atoms with van der Waals surface area (Å²) in [5.74, 6) is -1.08. The highest BCUT2D eigenvalue weighted by Crippen LogP contribution is 2.52. The molecule has 1 aliphatic heterocycles. The first kappa shape index (κ1) is 21.1. The molecule has 1 unspecified atom stereocenters. The molecule has 1 aromatic heterocycles. The van der Waals surface area contributed by atoms with Gasteiger partial charge >= 0.3 is 6.36 Å². The molecule has 1 saturated heterocycles. The Labute approximate surface area is 177 Å². The normalized spacial score (nSPS) is 19.7. The maximum atomic E-state index is 12.9. The molecule has 1 spiro atoms. The minimum Gasteiger partial charge on any atom is -0.406 e. The number of nitrogens with zero attached hydrogens (tertiary/aromatic N) is 2. The summed E-state index contributed by atoms with van der Waals surface area (Å²) in [6.07, 6.45) is 1.33. The van der Waals surface area contributed by atoms with Crippen LogP contribution in [0.5, 0.6) is 5.75 Å². The van der Waals surface area contributed by atoms with Crippen molar-refractivity contribution in [2.75, 3.05) is 13.1 Å². The molecule has 2 amide bonds. The Balaban J connectivity index is 1.42. The Morgan fingerprint density at radius 3 is 2.52 bits per heavy atom. The van der Waals surface area contributed by atoms with Gasteiger partial charge in [-0.1, -0.05) is 12.5 Å². The summed E-state index contributed by atoms with van der Waals surface area (Å²) in [7, 11) is 0. The van der Waals surface area contributed by atoms with Crippen molar-refractivity contribution < 1.29 is 27.5 Å². The number of likely N-dealkylation sites (tertiary alicyclic amines) is 1. The van der Waals surface area contributed by atoms with Crippen molar-refractivity contribution in [3.05, 3.63) is 59.9 Å². The summed E-state index contributed by atoms with van der Waals surface area (Å²) >= 11 is 0. The smallest absolute Gasteiger partial charge is 0.406 e. The number of nitrogens with one attached hydrogen (secondary N) is 1. The third kappa shape index (κ3) is 4.65. The number of rotatable bonds is 5. The van der Waals surface area contributed by atoms with Crippen molar-refractivity contribution in [3.8, 4) is 5.75 Å². The summed E-state index contributed by atoms with van der Waals surface area (Å²) in [5.41, 5.74) is 0.930. The summed E-state index contributed by atoms with van der Waals surface area (Å²) < 4.78 is 40.8. The van der Waals surface area contributed by atoms with E-state index in [-0.39, 0.29) is 34.5 Å². The first-order chi connectivity index (χ1) is 14.8. The van der Waals surface area contributed by atoms with Crippen molar-refractivity contribution >= 4 is 11.8 Å². The predicted molar refractivity (Wildman–Crippen MR) is 105 cm³/mol. The lowest BCUT2D eigenvalue weighted by molar-refractivity contribution is -0.274. The molecular weight excluding hydrogens is 411 g/mol. The van der Waals surface area contributed by atoms with E-state index in [2.05, 4.69) is 15.0 Å². The van der Waals surface area contributed by atoms with E-state index in [4.69, 9.17) is 0 Å². The van der Waals surface area contributed by atoms with Crippen LogP contribution in [0.4, 0.5) is 13.2 Å². The van der Waals surface area contributed by atoms with Crippen LogP contribution in [0.1, 0.15) is 35.2 Å². The summed E-state index contributed by atoms with van der Waals surface area (Å²) in [6, 6.07) is 8.54. The monoisotopic (exact) mass is 433 g/mol. The second-order valence-electron chi connectivity index (χ2n) is 8.11. The van der Waals surface area contributed by atoms with Gasteiger partial charge in [-0.05, 0) is 48.7 Å². The molecular formula is C22H22F3N3O3. The summed E-state index contributed by atoms with van der Waals surface area (Å²) in [6.45, 7) is 1.13. The molecule has 164 valence electrons. The molecule has 1 aliphatic carbocycles.